The summed E-state index contributed by atoms with van der Waals surface area (Å²) >= 11 is 3.00. The van der Waals surface area contributed by atoms with Gasteiger partial charge in [-0.3, -0.25) is 9.78 Å². The van der Waals surface area contributed by atoms with Crippen molar-refractivity contribution >= 4 is 39.2 Å². The van der Waals surface area contributed by atoms with E-state index >= 15 is 0 Å². The van der Waals surface area contributed by atoms with E-state index in [1.54, 1.807) is 35.7 Å². The Bertz CT molecular complexity index is 1080. The van der Waals surface area contributed by atoms with Gasteiger partial charge in [-0.2, -0.15) is 0 Å². The highest BCUT2D eigenvalue weighted by Gasteiger charge is 2.16. The standard InChI is InChI=1S/C19H18N6OS2/c1-24(11-16-21-14-5-3-4-6-15(14)28-16)17(26)12-27-19-23-22-18(25(19)2)13-7-9-20-10-8-13/h3-10H,11-12H2,1-2H3. The van der Waals surface area contributed by atoms with Crippen LogP contribution in [0.5, 0.6) is 0 Å². The van der Waals surface area contributed by atoms with Crippen LogP contribution in [0.1, 0.15) is 5.01 Å². The molecule has 0 spiro atoms. The Kier molecular flexibility index (Phi) is 5.36. The molecule has 9 heteroatoms. The number of fused-ring (bicyclic) bond motifs is 1. The molecule has 0 saturated carbocycles. The number of hydrogen-bond donors (Lipinski definition) is 0. The smallest absolute Gasteiger partial charge is 0.233 e. The molecular weight excluding hydrogens is 392 g/mol. The maximum absolute atomic E-state index is 12.5. The minimum atomic E-state index is 0.0257. The SMILES string of the molecule is CN(Cc1nc2ccccc2s1)C(=O)CSc1nnc(-c2ccncc2)n1C. The Balaban J connectivity index is 1.38. The van der Waals surface area contributed by atoms with Gasteiger partial charge in [0.25, 0.3) is 0 Å². The number of hydrogen-bond acceptors (Lipinski definition) is 7. The second kappa shape index (κ2) is 8.07. The van der Waals surface area contributed by atoms with Gasteiger partial charge in [0.15, 0.2) is 11.0 Å². The second-order valence-corrected chi connectivity index (χ2v) is 8.27. The van der Waals surface area contributed by atoms with Crippen LogP contribution in [-0.4, -0.2) is 48.3 Å². The number of carbonyl (C=O) groups is 1. The molecule has 0 saturated heterocycles. The highest BCUT2D eigenvalue weighted by molar-refractivity contribution is 7.99. The zero-order valence-corrected chi connectivity index (χ0v) is 17.1. The molecule has 28 heavy (non-hydrogen) atoms. The van der Waals surface area contributed by atoms with Crippen molar-refractivity contribution in [2.45, 2.75) is 11.7 Å². The van der Waals surface area contributed by atoms with Gasteiger partial charge in [0.05, 0.1) is 22.5 Å². The number of pyridine rings is 1. The average Bonchev–Trinajstić information content (AvgIpc) is 3.29. The highest BCUT2D eigenvalue weighted by atomic mass is 32.2. The Labute approximate surface area is 170 Å². The molecule has 0 aliphatic heterocycles. The molecule has 7 nitrogen and oxygen atoms in total. The molecule has 1 aromatic carbocycles. The molecule has 0 aliphatic carbocycles. The van der Waals surface area contributed by atoms with E-state index in [0.29, 0.717) is 17.5 Å². The Morgan fingerprint density at radius 3 is 2.75 bits per heavy atom. The van der Waals surface area contributed by atoms with Crippen molar-refractivity contribution in [3.8, 4) is 11.4 Å². The van der Waals surface area contributed by atoms with Crippen LogP contribution in [0.25, 0.3) is 21.6 Å². The fraction of sp³-hybridized carbons (Fsp3) is 0.211. The summed E-state index contributed by atoms with van der Waals surface area (Å²) in [5, 5.41) is 10.1. The van der Waals surface area contributed by atoms with Crippen LogP contribution >= 0.6 is 23.1 Å². The minimum absolute atomic E-state index is 0.0257. The normalized spacial score (nSPS) is 11.1. The highest BCUT2D eigenvalue weighted by Crippen LogP contribution is 2.24. The molecule has 0 radical (unpaired) electrons. The third-order valence-corrected chi connectivity index (χ3v) is 6.26. The Morgan fingerprint density at radius 2 is 1.96 bits per heavy atom. The van der Waals surface area contributed by atoms with Crippen LogP contribution in [-0.2, 0) is 18.4 Å². The van der Waals surface area contributed by atoms with Gasteiger partial charge in [-0.25, -0.2) is 4.98 Å². The van der Waals surface area contributed by atoms with E-state index in [4.69, 9.17) is 0 Å². The quantitative estimate of drug-likeness (QED) is 0.454. The largest absolute Gasteiger partial charge is 0.338 e. The van der Waals surface area contributed by atoms with Crippen LogP contribution < -0.4 is 0 Å². The number of nitrogens with zero attached hydrogens (tertiary/aromatic N) is 6. The van der Waals surface area contributed by atoms with Crippen molar-refractivity contribution < 1.29 is 4.79 Å². The van der Waals surface area contributed by atoms with Crippen molar-refractivity contribution in [3.63, 3.8) is 0 Å². The topological polar surface area (TPSA) is 76.8 Å². The number of amides is 1. The lowest BCUT2D eigenvalue weighted by Crippen LogP contribution is -2.27. The van der Waals surface area contributed by atoms with Gasteiger partial charge in [0, 0.05) is 32.1 Å². The van der Waals surface area contributed by atoms with Crippen LogP contribution in [0, 0.1) is 0 Å². The van der Waals surface area contributed by atoms with E-state index in [-0.39, 0.29) is 5.91 Å². The Morgan fingerprint density at radius 1 is 1.18 bits per heavy atom. The molecule has 142 valence electrons. The maximum atomic E-state index is 12.5. The third-order valence-electron chi connectivity index (χ3n) is 4.23. The zero-order valence-electron chi connectivity index (χ0n) is 15.4. The number of para-hydroxylation sites is 1. The van der Waals surface area contributed by atoms with E-state index in [1.807, 2.05) is 48.0 Å². The molecule has 0 atom stereocenters. The second-order valence-electron chi connectivity index (χ2n) is 6.21. The first kappa shape index (κ1) is 18.6. The summed E-state index contributed by atoms with van der Waals surface area (Å²) in [4.78, 5) is 22.8. The van der Waals surface area contributed by atoms with Crippen molar-refractivity contribution in [1.82, 2.24) is 29.6 Å². The van der Waals surface area contributed by atoms with Gasteiger partial charge in [-0.05, 0) is 24.3 Å². The van der Waals surface area contributed by atoms with Gasteiger partial charge in [0.1, 0.15) is 5.01 Å². The van der Waals surface area contributed by atoms with E-state index in [9.17, 15) is 4.79 Å². The fourth-order valence-electron chi connectivity index (χ4n) is 2.71. The predicted molar refractivity (Wildman–Crippen MR) is 111 cm³/mol. The lowest BCUT2D eigenvalue weighted by atomic mass is 10.2. The fourth-order valence-corrected chi connectivity index (χ4v) is 4.58. The number of thioether (sulfide) groups is 1. The van der Waals surface area contributed by atoms with E-state index in [2.05, 4.69) is 20.2 Å². The molecule has 0 fully saturated rings. The van der Waals surface area contributed by atoms with Crippen molar-refractivity contribution in [2.75, 3.05) is 12.8 Å². The molecular formula is C19H18N6OS2. The van der Waals surface area contributed by atoms with Gasteiger partial charge >= 0.3 is 0 Å². The van der Waals surface area contributed by atoms with Gasteiger partial charge in [0.2, 0.25) is 5.91 Å². The number of thiazole rings is 1. The molecule has 0 bridgehead atoms. The van der Waals surface area contributed by atoms with Crippen molar-refractivity contribution in [1.29, 1.82) is 0 Å². The molecule has 0 aliphatic rings. The van der Waals surface area contributed by atoms with Crippen LogP contribution in [0.3, 0.4) is 0 Å². The predicted octanol–water partition coefficient (Wildman–Crippen LogP) is 3.24. The zero-order chi connectivity index (χ0) is 19.5. The monoisotopic (exact) mass is 410 g/mol. The number of benzene rings is 1. The molecule has 4 rings (SSSR count). The van der Waals surface area contributed by atoms with Crippen LogP contribution in [0.4, 0.5) is 0 Å². The summed E-state index contributed by atoms with van der Waals surface area (Å²) < 4.78 is 3.02. The Hall–Kier alpha value is -2.78. The maximum Gasteiger partial charge on any atom is 0.233 e. The van der Waals surface area contributed by atoms with E-state index < -0.39 is 0 Å². The first-order valence-electron chi connectivity index (χ1n) is 8.63. The molecule has 1 amide bonds. The molecule has 0 N–H and O–H groups in total. The summed E-state index contributed by atoms with van der Waals surface area (Å²) in [5.41, 5.74) is 1.91. The molecule has 0 unspecified atom stereocenters. The van der Waals surface area contributed by atoms with Crippen molar-refractivity contribution in [3.05, 3.63) is 53.8 Å². The average molecular weight is 411 g/mol. The van der Waals surface area contributed by atoms with Crippen LogP contribution in [0.15, 0.2) is 53.9 Å². The third kappa shape index (κ3) is 3.90. The van der Waals surface area contributed by atoms with Gasteiger partial charge in [-0.15, -0.1) is 21.5 Å². The van der Waals surface area contributed by atoms with E-state index in [1.165, 1.54) is 11.8 Å². The number of rotatable bonds is 6. The minimum Gasteiger partial charge on any atom is -0.338 e. The summed E-state index contributed by atoms with van der Waals surface area (Å²) in [6.07, 6.45) is 3.44. The number of aromatic nitrogens is 5. The molecule has 4 aromatic rings. The molecule has 3 aromatic heterocycles. The summed E-state index contributed by atoms with van der Waals surface area (Å²) in [7, 11) is 3.70. The summed E-state index contributed by atoms with van der Waals surface area (Å²) in [5.74, 6) is 1.07. The summed E-state index contributed by atoms with van der Waals surface area (Å²) in [6.45, 7) is 0.500. The van der Waals surface area contributed by atoms with Crippen molar-refractivity contribution in [2.24, 2.45) is 7.05 Å². The number of carbonyl (C=O) groups excluding carboxylic acids is 1. The first-order valence-corrected chi connectivity index (χ1v) is 10.4. The van der Waals surface area contributed by atoms with Gasteiger partial charge in [-0.1, -0.05) is 23.9 Å². The summed E-state index contributed by atoms with van der Waals surface area (Å²) in [6, 6.07) is 11.8. The van der Waals surface area contributed by atoms with E-state index in [0.717, 1.165) is 26.6 Å². The lowest BCUT2D eigenvalue weighted by Gasteiger charge is -2.15. The lowest BCUT2D eigenvalue weighted by molar-refractivity contribution is -0.127. The molecule has 3 heterocycles. The first-order chi connectivity index (χ1) is 13.6. The van der Waals surface area contributed by atoms with Crippen LogP contribution in [0.2, 0.25) is 0 Å². The van der Waals surface area contributed by atoms with Gasteiger partial charge < -0.3 is 9.47 Å².